The van der Waals surface area contributed by atoms with Gasteiger partial charge in [-0.3, -0.25) is 4.79 Å². The van der Waals surface area contributed by atoms with Crippen LogP contribution in [0.25, 0.3) is 0 Å². The van der Waals surface area contributed by atoms with E-state index in [-0.39, 0.29) is 18.3 Å². The van der Waals surface area contributed by atoms with Crippen LogP contribution < -0.4 is 15.9 Å². The van der Waals surface area contributed by atoms with E-state index in [4.69, 9.17) is 10.6 Å². The molecule has 8 heteroatoms. The first-order chi connectivity index (χ1) is 15.3. The number of hydrogen-bond donors (Lipinski definition) is 2. The molecule has 170 valence electrons. The summed E-state index contributed by atoms with van der Waals surface area (Å²) in [6.45, 7) is 9.14. The van der Waals surface area contributed by atoms with E-state index in [1.165, 1.54) is 27.6 Å². The van der Waals surface area contributed by atoms with Gasteiger partial charge in [-0.15, -0.1) is 10.2 Å². The van der Waals surface area contributed by atoms with Gasteiger partial charge in [-0.1, -0.05) is 68.1 Å². The van der Waals surface area contributed by atoms with Crippen molar-refractivity contribution in [1.29, 1.82) is 0 Å². The van der Waals surface area contributed by atoms with E-state index in [1.54, 1.807) is 0 Å². The van der Waals surface area contributed by atoms with Gasteiger partial charge >= 0.3 is 0 Å². The standard InChI is InChI=1S/C24H31N5O2S/c1-16(2)20-10-8-19(9-11-20)12-13-26-22(30)15-32-24-28-27-21(29(24)25)14-31-23-17(3)6-5-7-18(23)4/h5-11,16H,12-15,25H2,1-4H3,(H,26,30). The summed E-state index contributed by atoms with van der Waals surface area (Å²) in [4.78, 5) is 12.2. The van der Waals surface area contributed by atoms with Gasteiger partial charge in [-0.25, -0.2) is 4.68 Å². The molecular weight excluding hydrogens is 422 g/mol. The van der Waals surface area contributed by atoms with Crippen LogP contribution in [0.15, 0.2) is 47.6 Å². The molecule has 32 heavy (non-hydrogen) atoms. The van der Waals surface area contributed by atoms with E-state index >= 15 is 0 Å². The first kappa shape index (κ1) is 23.7. The van der Waals surface area contributed by atoms with Crippen molar-refractivity contribution < 1.29 is 9.53 Å². The van der Waals surface area contributed by atoms with Gasteiger partial charge in [0.05, 0.1) is 5.75 Å². The second kappa shape index (κ2) is 11.0. The quantitative estimate of drug-likeness (QED) is 0.358. The van der Waals surface area contributed by atoms with Crippen molar-refractivity contribution in [3.05, 3.63) is 70.5 Å². The number of rotatable bonds is 10. The van der Waals surface area contributed by atoms with E-state index in [9.17, 15) is 4.79 Å². The Bertz CT molecular complexity index is 1030. The van der Waals surface area contributed by atoms with Crippen LogP contribution in [0.4, 0.5) is 0 Å². The van der Waals surface area contributed by atoms with Crippen molar-refractivity contribution in [2.45, 2.75) is 51.8 Å². The molecule has 7 nitrogen and oxygen atoms in total. The Labute approximate surface area is 193 Å². The number of benzene rings is 2. The minimum atomic E-state index is -0.0647. The largest absolute Gasteiger partial charge is 0.485 e. The Hall–Kier alpha value is -3.00. The summed E-state index contributed by atoms with van der Waals surface area (Å²) in [5, 5.41) is 11.6. The topological polar surface area (TPSA) is 95.1 Å². The van der Waals surface area contributed by atoms with Crippen LogP contribution >= 0.6 is 11.8 Å². The first-order valence-electron chi connectivity index (χ1n) is 10.7. The number of thioether (sulfide) groups is 1. The molecule has 0 saturated carbocycles. The molecule has 1 aromatic heterocycles. The van der Waals surface area contributed by atoms with Crippen LogP contribution in [0, 0.1) is 13.8 Å². The average molecular weight is 454 g/mol. The predicted octanol–water partition coefficient (Wildman–Crippen LogP) is 3.76. The molecule has 0 aliphatic rings. The summed E-state index contributed by atoms with van der Waals surface area (Å²) < 4.78 is 7.27. The summed E-state index contributed by atoms with van der Waals surface area (Å²) in [5.41, 5.74) is 4.63. The molecule has 0 aliphatic heterocycles. The lowest BCUT2D eigenvalue weighted by Crippen LogP contribution is -2.27. The molecule has 0 bridgehead atoms. The predicted molar refractivity (Wildman–Crippen MR) is 128 cm³/mol. The van der Waals surface area contributed by atoms with Gasteiger partial charge in [0.2, 0.25) is 11.1 Å². The van der Waals surface area contributed by atoms with Crippen molar-refractivity contribution in [1.82, 2.24) is 20.2 Å². The lowest BCUT2D eigenvalue weighted by molar-refractivity contribution is -0.118. The fourth-order valence-electron chi connectivity index (χ4n) is 3.26. The molecule has 1 heterocycles. The third-order valence-electron chi connectivity index (χ3n) is 5.20. The highest BCUT2D eigenvalue weighted by Gasteiger charge is 2.14. The molecule has 2 aromatic carbocycles. The zero-order chi connectivity index (χ0) is 23.1. The summed E-state index contributed by atoms with van der Waals surface area (Å²) in [7, 11) is 0. The smallest absolute Gasteiger partial charge is 0.230 e. The molecule has 3 rings (SSSR count). The normalized spacial score (nSPS) is 11.0. The third-order valence-corrected chi connectivity index (χ3v) is 6.15. The molecule has 0 atom stereocenters. The number of nitrogens with two attached hydrogens (primary N) is 1. The number of ether oxygens (including phenoxy) is 1. The summed E-state index contributed by atoms with van der Waals surface area (Å²) in [6, 6.07) is 14.5. The van der Waals surface area contributed by atoms with E-state index in [0.29, 0.717) is 23.4 Å². The molecule has 0 saturated heterocycles. The van der Waals surface area contributed by atoms with Crippen LogP contribution in [0.5, 0.6) is 5.75 Å². The highest BCUT2D eigenvalue weighted by molar-refractivity contribution is 7.99. The van der Waals surface area contributed by atoms with E-state index in [0.717, 1.165) is 23.3 Å². The Morgan fingerprint density at radius 1 is 1.12 bits per heavy atom. The van der Waals surface area contributed by atoms with Crippen molar-refractivity contribution in [2.75, 3.05) is 18.1 Å². The van der Waals surface area contributed by atoms with Crippen LogP contribution in [0.2, 0.25) is 0 Å². The molecule has 0 unspecified atom stereocenters. The number of aryl methyl sites for hydroxylation is 2. The number of aromatic nitrogens is 3. The number of hydrogen-bond acceptors (Lipinski definition) is 6. The number of nitrogen functional groups attached to an aromatic ring is 1. The highest BCUT2D eigenvalue weighted by Crippen LogP contribution is 2.23. The number of carbonyl (C=O) groups is 1. The van der Waals surface area contributed by atoms with Gasteiger partial charge in [0, 0.05) is 6.54 Å². The van der Waals surface area contributed by atoms with E-state index in [2.05, 4.69) is 53.6 Å². The van der Waals surface area contributed by atoms with Gasteiger partial charge in [-0.2, -0.15) is 0 Å². The number of nitrogens with one attached hydrogen (secondary N) is 1. The first-order valence-corrected chi connectivity index (χ1v) is 11.7. The van der Waals surface area contributed by atoms with Crippen molar-refractivity contribution in [3.63, 3.8) is 0 Å². The van der Waals surface area contributed by atoms with Gasteiger partial charge in [0.25, 0.3) is 0 Å². The van der Waals surface area contributed by atoms with Crippen LogP contribution in [-0.2, 0) is 17.8 Å². The van der Waals surface area contributed by atoms with E-state index < -0.39 is 0 Å². The average Bonchev–Trinajstić information content (AvgIpc) is 3.12. The Morgan fingerprint density at radius 2 is 1.81 bits per heavy atom. The van der Waals surface area contributed by atoms with Gasteiger partial charge in [0.1, 0.15) is 12.4 Å². The maximum absolute atomic E-state index is 12.2. The number of carbonyl (C=O) groups excluding carboxylic acids is 1. The highest BCUT2D eigenvalue weighted by atomic mass is 32.2. The fourth-order valence-corrected chi connectivity index (χ4v) is 3.97. The van der Waals surface area contributed by atoms with Gasteiger partial charge < -0.3 is 15.9 Å². The summed E-state index contributed by atoms with van der Waals surface area (Å²) in [6.07, 6.45) is 0.793. The lowest BCUT2D eigenvalue weighted by Gasteiger charge is -2.11. The SMILES string of the molecule is Cc1cccc(C)c1OCc1nnc(SCC(=O)NCCc2ccc(C(C)C)cc2)n1N. The molecule has 0 spiro atoms. The van der Waals surface area contributed by atoms with Gasteiger partial charge in [-0.05, 0) is 48.4 Å². The van der Waals surface area contributed by atoms with Crippen molar-refractivity contribution >= 4 is 17.7 Å². The third kappa shape index (κ3) is 6.26. The molecule has 3 aromatic rings. The molecule has 0 aliphatic carbocycles. The second-order valence-electron chi connectivity index (χ2n) is 8.06. The van der Waals surface area contributed by atoms with Crippen LogP contribution in [-0.4, -0.2) is 33.1 Å². The zero-order valence-electron chi connectivity index (χ0n) is 19.1. The summed E-state index contributed by atoms with van der Waals surface area (Å²) >= 11 is 1.25. The maximum Gasteiger partial charge on any atom is 0.230 e. The zero-order valence-corrected chi connectivity index (χ0v) is 19.9. The molecular formula is C24H31N5O2S. The van der Waals surface area contributed by atoms with Crippen molar-refractivity contribution in [3.8, 4) is 5.75 Å². The minimum absolute atomic E-state index is 0.0647. The lowest BCUT2D eigenvalue weighted by atomic mass is 10.0. The Morgan fingerprint density at radius 3 is 2.47 bits per heavy atom. The molecule has 0 fully saturated rings. The minimum Gasteiger partial charge on any atom is -0.485 e. The second-order valence-corrected chi connectivity index (χ2v) is 9.01. The Kier molecular flexibility index (Phi) is 8.16. The molecule has 3 N–H and O–H groups in total. The summed E-state index contributed by atoms with van der Waals surface area (Å²) in [5.74, 6) is 8.10. The maximum atomic E-state index is 12.2. The van der Waals surface area contributed by atoms with Crippen LogP contribution in [0.1, 0.15) is 47.8 Å². The molecule has 0 radical (unpaired) electrons. The monoisotopic (exact) mass is 453 g/mol. The number of nitrogens with zero attached hydrogens (tertiary/aromatic N) is 3. The fraction of sp³-hybridized carbons (Fsp3) is 0.375. The Balaban J connectivity index is 1.43. The van der Waals surface area contributed by atoms with Crippen LogP contribution in [0.3, 0.4) is 0 Å². The number of amides is 1. The van der Waals surface area contributed by atoms with Gasteiger partial charge in [0.15, 0.2) is 5.82 Å². The van der Waals surface area contributed by atoms with E-state index in [1.807, 2.05) is 32.0 Å². The number of para-hydroxylation sites is 1. The van der Waals surface area contributed by atoms with Crippen molar-refractivity contribution in [2.24, 2.45) is 0 Å². The molecule has 1 amide bonds.